The van der Waals surface area contributed by atoms with Gasteiger partial charge in [-0.2, -0.15) is 0 Å². The molecular weight excluding hydrogens is 361 g/mol. The predicted molar refractivity (Wildman–Crippen MR) is 108 cm³/mol. The van der Waals surface area contributed by atoms with Crippen molar-refractivity contribution >= 4 is 5.96 Å². The van der Waals surface area contributed by atoms with Gasteiger partial charge in [-0.1, -0.05) is 18.2 Å². The van der Waals surface area contributed by atoms with Crippen molar-refractivity contribution in [1.82, 2.24) is 10.2 Å². The van der Waals surface area contributed by atoms with Crippen molar-refractivity contribution in [2.45, 2.75) is 19.6 Å². The van der Waals surface area contributed by atoms with Crippen molar-refractivity contribution in [2.75, 3.05) is 34.4 Å². The van der Waals surface area contributed by atoms with Gasteiger partial charge in [0.2, 0.25) is 0 Å². The summed E-state index contributed by atoms with van der Waals surface area (Å²) in [6, 6.07) is 11.8. The van der Waals surface area contributed by atoms with Crippen LogP contribution in [-0.4, -0.2) is 50.3 Å². The zero-order chi connectivity index (χ0) is 20.5. The van der Waals surface area contributed by atoms with E-state index in [1.807, 2.05) is 37.1 Å². The second kappa shape index (κ2) is 10.5. The minimum Gasteiger partial charge on any atom is -0.497 e. The first kappa shape index (κ1) is 21.5. The highest BCUT2D eigenvalue weighted by atomic mass is 19.1. The van der Waals surface area contributed by atoms with Gasteiger partial charge < -0.3 is 24.8 Å². The second-order valence-corrected chi connectivity index (χ2v) is 6.27. The number of aliphatic hydroxyl groups is 1. The molecule has 0 aliphatic rings. The topological polar surface area (TPSA) is 66.3 Å². The van der Waals surface area contributed by atoms with Crippen molar-refractivity contribution in [1.29, 1.82) is 0 Å². The van der Waals surface area contributed by atoms with Gasteiger partial charge in [-0.3, -0.25) is 4.99 Å². The quantitative estimate of drug-likeness (QED) is 0.537. The van der Waals surface area contributed by atoms with Gasteiger partial charge in [0.1, 0.15) is 23.4 Å². The highest BCUT2D eigenvalue weighted by Gasteiger charge is 2.14. The lowest BCUT2D eigenvalue weighted by Gasteiger charge is -2.23. The van der Waals surface area contributed by atoms with E-state index in [4.69, 9.17) is 9.47 Å². The molecule has 0 heterocycles. The number of nitrogens with one attached hydrogen (secondary N) is 1. The molecule has 152 valence electrons. The summed E-state index contributed by atoms with van der Waals surface area (Å²) in [7, 11) is 5.11. The van der Waals surface area contributed by atoms with Crippen molar-refractivity contribution < 1.29 is 19.0 Å². The van der Waals surface area contributed by atoms with Gasteiger partial charge >= 0.3 is 0 Å². The molecule has 0 saturated heterocycles. The summed E-state index contributed by atoms with van der Waals surface area (Å²) < 4.78 is 24.5. The summed E-state index contributed by atoms with van der Waals surface area (Å²) in [5.74, 6) is 1.60. The van der Waals surface area contributed by atoms with Gasteiger partial charge in [0.05, 0.1) is 20.8 Å². The fourth-order valence-corrected chi connectivity index (χ4v) is 2.80. The van der Waals surface area contributed by atoms with E-state index in [0.717, 1.165) is 11.3 Å². The largest absolute Gasteiger partial charge is 0.497 e. The van der Waals surface area contributed by atoms with Crippen LogP contribution in [0.4, 0.5) is 4.39 Å². The van der Waals surface area contributed by atoms with Crippen LogP contribution in [0.15, 0.2) is 47.5 Å². The minimum absolute atomic E-state index is 0.0490. The molecule has 0 aromatic heterocycles. The lowest BCUT2D eigenvalue weighted by molar-refractivity contribution is 0.181. The monoisotopic (exact) mass is 389 g/mol. The van der Waals surface area contributed by atoms with Gasteiger partial charge in [0.25, 0.3) is 0 Å². The maximum absolute atomic E-state index is 13.8. The zero-order valence-corrected chi connectivity index (χ0v) is 16.8. The molecule has 0 amide bonds. The molecule has 0 aliphatic heterocycles. The number of ether oxygens (including phenoxy) is 2. The van der Waals surface area contributed by atoms with Crippen LogP contribution in [0.5, 0.6) is 11.5 Å². The van der Waals surface area contributed by atoms with Crippen molar-refractivity contribution in [3.63, 3.8) is 0 Å². The molecule has 2 aromatic carbocycles. The molecular formula is C21H28FN3O3. The summed E-state index contributed by atoms with van der Waals surface area (Å²) in [5, 5.41) is 13.5. The van der Waals surface area contributed by atoms with Crippen molar-refractivity contribution in [3.05, 3.63) is 59.4 Å². The van der Waals surface area contributed by atoms with E-state index in [0.29, 0.717) is 24.8 Å². The summed E-state index contributed by atoms with van der Waals surface area (Å²) in [4.78, 5) is 6.38. The number of nitrogens with zero attached hydrogens (tertiary/aromatic N) is 2. The lowest BCUT2D eigenvalue weighted by atomic mass is 10.1. The van der Waals surface area contributed by atoms with Crippen LogP contribution >= 0.6 is 0 Å². The maximum Gasteiger partial charge on any atom is 0.194 e. The van der Waals surface area contributed by atoms with Gasteiger partial charge in [0, 0.05) is 37.3 Å². The number of guanidine groups is 1. The molecule has 7 heteroatoms. The second-order valence-electron chi connectivity index (χ2n) is 6.27. The molecule has 0 spiro atoms. The third-order valence-corrected chi connectivity index (χ3v) is 4.28. The maximum atomic E-state index is 13.8. The van der Waals surface area contributed by atoms with E-state index in [1.165, 1.54) is 6.07 Å². The molecule has 1 unspecified atom stereocenters. The number of methoxy groups -OCH3 is 2. The van der Waals surface area contributed by atoms with E-state index in [9.17, 15) is 9.50 Å². The summed E-state index contributed by atoms with van der Waals surface area (Å²) in [6.07, 6.45) is -1.02. The standard InChI is InChI=1S/C21H28FN3O3/c1-5-23-21(24-13-19(26)17-8-6-7-9-18(17)22)25(2)14-15-10-11-16(27-3)12-20(15)28-4/h6-12,19,26H,5,13-14H2,1-4H3,(H,23,24). The molecule has 0 fully saturated rings. The van der Waals surface area contributed by atoms with Gasteiger partial charge in [0.15, 0.2) is 5.96 Å². The molecule has 0 radical (unpaired) electrons. The van der Waals surface area contributed by atoms with Crippen LogP contribution in [0.2, 0.25) is 0 Å². The molecule has 0 bridgehead atoms. The molecule has 1 atom stereocenters. The van der Waals surface area contributed by atoms with Crippen LogP contribution in [-0.2, 0) is 6.54 Å². The van der Waals surface area contributed by atoms with Crippen LogP contribution in [0, 0.1) is 5.82 Å². The molecule has 0 saturated carbocycles. The van der Waals surface area contributed by atoms with E-state index >= 15 is 0 Å². The Balaban J connectivity index is 2.14. The summed E-state index contributed by atoms with van der Waals surface area (Å²) in [6.45, 7) is 3.21. The fraction of sp³-hybridized carbons (Fsp3) is 0.381. The van der Waals surface area contributed by atoms with Crippen LogP contribution in [0.1, 0.15) is 24.2 Å². The van der Waals surface area contributed by atoms with Crippen molar-refractivity contribution in [2.24, 2.45) is 4.99 Å². The number of halogens is 1. The minimum atomic E-state index is -1.02. The van der Waals surface area contributed by atoms with Gasteiger partial charge in [-0.25, -0.2) is 4.39 Å². The van der Waals surface area contributed by atoms with Crippen LogP contribution in [0.3, 0.4) is 0 Å². The Hall–Kier alpha value is -2.80. The molecule has 28 heavy (non-hydrogen) atoms. The smallest absolute Gasteiger partial charge is 0.194 e. The average molecular weight is 389 g/mol. The molecule has 2 rings (SSSR count). The van der Waals surface area contributed by atoms with Crippen LogP contribution < -0.4 is 14.8 Å². The third-order valence-electron chi connectivity index (χ3n) is 4.28. The molecule has 2 N–H and O–H groups in total. The van der Waals surface area contributed by atoms with Gasteiger partial charge in [-0.15, -0.1) is 0 Å². The number of aliphatic hydroxyl groups excluding tert-OH is 1. The Morgan fingerprint density at radius 1 is 1.21 bits per heavy atom. The zero-order valence-electron chi connectivity index (χ0n) is 16.8. The number of benzene rings is 2. The molecule has 2 aromatic rings. The summed E-state index contributed by atoms with van der Waals surface area (Å²) in [5.41, 5.74) is 1.20. The fourth-order valence-electron chi connectivity index (χ4n) is 2.80. The first-order valence-electron chi connectivity index (χ1n) is 9.13. The molecule has 0 aliphatic carbocycles. The lowest BCUT2D eigenvalue weighted by Crippen LogP contribution is -2.38. The highest BCUT2D eigenvalue weighted by molar-refractivity contribution is 5.79. The van der Waals surface area contributed by atoms with Crippen LogP contribution in [0.25, 0.3) is 0 Å². The Morgan fingerprint density at radius 3 is 2.61 bits per heavy atom. The van der Waals surface area contributed by atoms with Gasteiger partial charge in [-0.05, 0) is 25.1 Å². The Labute approximate surface area is 165 Å². The van der Waals surface area contributed by atoms with E-state index < -0.39 is 11.9 Å². The summed E-state index contributed by atoms with van der Waals surface area (Å²) >= 11 is 0. The first-order chi connectivity index (χ1) is 13.5. The number of hydrogen-bond donors (Lipinski definition) is 2. The van der Waals surface area contributed by atoms with Crippen molar-refractivity contribution in [3.8, 4) is 11.5 Å². The van der Waals surface area contributed by atoms with E-state index in [-0.39, 0.29) is 12.1 Å². The number of hydrogen-bond acceptors (Lipinski definition) is 4. The SMILES string of the molecule is CCNC(=NCC(O)c1ccccc1F)N(C)Cc1ccc(OC)cc1OC. The average Bonchev–Trinajstić information content (AvgIpc) is 2.71. The molecule has 6 nitrogen and oxygen atoms in total. The predicted octanol–water partition coefficient (Wildman–Crippen LogP) is 2.97. The number of rotatable bonds is 8. The Morgan fingerprint density at radius 2 is 1.96 bits per heavy atom. The van der Waals surface area contributed by atoms with E-state index in [1.54, 1.807) is 32.4 Å². The number of aliphatic imine (C=N–C) groups is 1. The normalized spacial score (nSPS) is 12.4. The third kappa shape index (κ3) is 5.60. The Kier molecular flexibility index (Phi) is 8.07. The van der Waals surface area contributed by atoms with E-state index in [2.05, 4.69) is 10.3 Å². The first-order valence-corrected chi connectivity index (χ1v) is 9.13. The highest BCUT2D eigenvalue weighted by Crippen LogP contribution is 2.25. The Bertz CT molecular complexity index is 798.